The average molecular weight is 312 g/mol. The fraction of sp³-hybridized carbons (Fsp3) is 0.417. The van der Waals surface area contributed by atoms with Gasteiger partial charge in [0.15, 0.2) is 11.8 Å². The Morgan fingerprint density at radius 2 is 2.39 bits per heavy atom. The van der Waals surface area contributed by atoms with Gasteiger partial charge in [-0.1, -0.05) is 6.92 Å². The first-order chi connectivity index (χ1) is 8.60. The van der Waals surface area contributed by atoms with Gasteiger partial charge >= 0.3 is 5.97 Å². The molecule has 18 heavy (non-hydrogen) atoms. The van der Waals surface area contributed by atoms with E-state index in [1.807, 2.05) is 13.0 Å². The second-order valence-corrected chi connectivity index (χ2v) is 4.94. The molecule has 1 N–H and O–H groups in total. The molecule has 2 rings (SSSR count). The van der Waals surface area contributed by atoms with Gasteiger partial charge in [0.2, 0.25) is 0 Å². The molecule has 96 valence electrons. The number of aromatic nitrogens is 3. The standard InChI is InChI=1S/C12H14BrN3O2/c1-3-4-10(17)18-7(2)11-15-9-5-8(13)6-14-12(9)16-11/h5-7H,3-4H2,1-2H3,(H,14,15,16). The number of H-pyrrole nitrogens is 1. The number of halogens is 1. The van der Waals surface area contributed by atoms with Gasteiger partial charge in [-0.2, -0.15) is 0 Å². The summed E-state index contributed by atoms with van der Waals surface area (Å²) in [6.45, 7) is 3.73. The Morgan fingerprint density at radius 1 is 1.61 bits per heavy atom. The van der Waals surface area contributed by atoms with E-state index in [9.17, 15) is 4.79 Å². The van der Waals surface area contributed by atoms with Gasteiger partial charge in [0.1, 0.15) is 5.82 Å². The molecule has 0 fully saturated rings. The van der Waals surface area contributed by atoms with Crippen LogP contribution in [0.25, 0.3) is 11.2 Å². The van der Waals surface area contributed by atoms with E-state index in [1.165, 1.54) is 0 Å². The van der Waals surface area contributed by atoms with E-state index in [0.717, 1.165) is 16.4 Å². The summed E-state index contributed by atoms with van der Waals surface area (Å²) in [4.78, 5) is 23.0. The molecular weight excluding hydrogens is 298 g/mol. The van der Waals surface area contributed by atoms with Crippen molar-refractivity contribution in [2.45, 2.75) is 32.8 Å². The summed E-state index contributed by atoms with van der Waals surface area (Å²) >= 11 is 3.34. The van der Waals surface area contributed by atoms with Crippen LogP contribution in [0.5, 0.6) is 0 Å². The third-order valence-electron chi connectivity index (χ3n) is 2.47. The smallest absolute Gasteiger partial charge is 0.306 e. The molecule has 5 nitrogen and oxygen atoms in total. The molecule has 0 radical (unpaired) electrons. The molecule has 1 unspecified atom stereocenters. The Bertz CT molecular complexity index is 567. The molecule has 0 aliphatic heterocycles. The maximum atomic E-state index is 11.4. The summed E-state index contributed by atoms with van der Waals surface area (Å²) < 4.78 is 6.14. The highest BCUT2D eigenvalue weighted by Gasteiger charge is 2.15. The second kappa shape index (κ2) is 5.48. The van der Waals surface area contributed by atoms with Crippen molar-refractivity contribution in [3.8, 4) is 0 Å². The van der Waals surface area contributed by atoms with Crippen LogP contribution >= 0.6 is 15.9 Å². The fourth-order valence-corrected chi connectivity index (χ4v) is 1.93. The van der Waals surface area contributed by atoms with Crippen LogP contribution in [0.3, 0.4) is 0 Å². The van der Waals surface area contributed by atoms with Crippen LogP contribution < -0.4 is 0 Å². The van der Waals surface area contributed by atoms with Crippen LogP contribution in [0.15, 0.2) is 16.7 Å². The van der Waals surface area contributed by atoms with Gasteiger partial charge in [-0.05, 0) is 35.3 Å². The van der Waals surface area contributed by atoms with Gasteiger partial charge in [-0.25, -0.2) is 9.97 Å². The second-order valence-electron chi connectivity index (χ2n) is 4.03. The number of rotatable bonds is 4. The summed E-state index contributed by atoms with van der Waals surface area (Å²) in [6, 6.07) is 1.89. The van der Waals surface area contributed by atoms with Crippen molar-refractivity contribution < 1.29 is 9.53 Å². The van der Waals surface area contributed by atoms with Gasteiger partial charge < -0.3 is 9.72 Å². The molecule has 0 aliphatic rings. The number of pyridine rings is 1. The first-order valence-electron chi connectivity index (χ1n) is 5.80. The zero-order valence-electron chi connectivity index (χ0n) is 10.2. The summed E-state index contributed by atoms with van der Waals surface area (Å²) in [5, 5.41) is 0. The minimum absolute atomic E-state index is 0.209. The van der Waals surface area contributed by atoms with Crippen LogP contribution in [-0.4, -0.2) is 20.9 Å². The number of carbonyl (C=O) groups excluding carboxylic acids is 1. The lowest BCUT2D eigenvalue weighted by Gasteiger charge is -2.09. The van der Waals surface area contributed by atoms with Crippen LogP contribution in [0.2, 0.25) is 0 Å². The SMILES string of the molecule is CCCC(=O)OC(C)c1nc2ncc(Br)cc2[nH]1. The number of fused-ring (bicyclic) bond motifs is 1. The monoisotopic (exact) mass is 311 g/mol. The first-order valence-corrected chi connectivity index (χ1v) is 6.60. The van der Waals surface area contributed by atoms with Crippen molar-refractivity contribution in [1.29, 1.82) is 0 Å². The van der Waals surface area contributed by atoms with Crippen LogP contribution in [0.1, 0.15) is 38.6 Å². The maximum Gasteiger partial charge on any atom is 0.306 e. The Balaban J connectivity index is 2.17. The summed E-state index contributed by atoms with van der Waals surface area (Å²) in [6.07, 6.45) is 2.49. The number of aromatic amines is 1. The van der Waals surface area contributed by atoms with Gasteiger partial charge in [0, 0.05) is 17.1 Å². The van der Waals surface area contributed by atoms with Crippen LogP contribution in [0.4, 0.5) is 0 Å². The average Bonchev–Trinajstić information content (AvgIpc) is 2.72. The third kappa shape index (κ3) is 2.87. The molecule has 2 aromatic rings. The predicted octanol–water partition coefficient (Wildman–Crippen LogP) is 3.12. The van der Waals surface area contributed by atoms with Crippen LogP contribution in [0, 0.1) is 0 Å². The van der Waals surface area contributed by atoms with E-state index in [-0.39, 0.29) is 5.97 Å². The normalized spacial score (nSPS) is 12.6. The highest BCUT2D eigenvalue weighted by molar-refractivity contribution is 9.10. The number of nitrogens with zero attached hydrogens (tertiary/aromatic N) is 2. The highest BCUT2D eigenvalue weighted by Crippen LogP contribution is 2.20. The molecule has 1 atom stereocenters. The Kier molecular flexibility index (Phi) is 3.96. The number of esters is 1. The van der Waals surface area contributed by atoms with Crippen molar-refractivity contribution in [3.05, 3.63) is 22.6 Å². The zero-order valence-corrected chi connectivity index (χ0v) is 11.8. The molecule has 2 aromatic heterocycles. The Hall–Kier alpha value is -1.43. The van der Waals surface area contributed by atoms with Crippen molar-refractivity contribution in [3.63, 3.8) is 0 Å². The topological polar surface area (TPSA) is 67.9 Å². The minimum Gasteiger partial charge on any atom is -0.454 e. The van der Waals surface area contributed by atoms with Gasteiger partial charge in [0.05, 0.1) is 5.52 Å². The van der Waals surface area contributed by atoms with E-state index >= 15 is 0 Å². The summed E-state index contributed by atoms with van der Waals surface area (Å²) in [7, 11) is 0. The number of hydrogen-bond acceptors (Lipinski definition) is 4. The van der Waals surface area contributed by atoms with Gasteiger partial charge in [0.25, 0.3) is 0 Å². The molecule has 0 aliphatic carbocycles. The molecule has 0 saturated heterocycles. The Labute approximate surface area is 113 Å². The van der Waals surface area contributed by atoms with Gasteiger partial charge in [-0.15, -0.1) is 0 Å². The quantitative estimate of drug-likeness (QED) is 0.881. The molecule has 0 spiro atoms. The van der Waals surface area contributed by atoms with Crippen LogP contribution in [-0.2, 0) is 9.53 Å². The van der Waals surface area contributed by atoms with Crippen molar-refractivity contribution in [1.82, 2.24) is 15.0 Å². The number of hydrogen-bond donors (Lipinski definition) is 1. The summed E-state index contributed by atoms with van der Waals surface area (Å²) in [5.74, 6) is 0.402. The maximum absolute atomic E-state index is 11.4. The third-order valence-corrected chi connectivity index (χ3v) is 2.90. The highest BCUT2D eigenvalue weighted by atomic mass is 79.9. The molecule has 6 heteroatoms. The lowest BCUT2D eigenvalue weighted by Crippen LogP contribution is -2.09. The lowest BCUT2D eigenvalue weighted by atomic mass is 10.3. The van der Waals surface area contributed by atoms with E-state index in [4.69, 9.17) is 4.74 Å². The number of imidazole rings is 1. The molecular formula is C12H14BrN3O2. The molecule has 0 bridgehead atoms. The largest absolute Gasteiger partial charge is 0.454 e. The fourth-order valence-electron chi connectivity index (χ4n) is 1.60. The number of ether oxygens (including phenoxy) is 1. The predicted molar refractivity (Wildman–Crippen MR) is 71.0 cm³/mol. The van der Waals surface area contributed by atoms with E-state index in [2.05, 4.69) is 30.9 Å². The molecule has 2 heterocycles. The minimum atomic E-state index is -0.392. The lowest BCUT2D eigenvalue weighted by molar-refractivity contribution is -0.148. The zero-order chi connectivity index (χ0) is 13.1. The van der Waals surface area contributed by atoms with Crippen molar-refractivity contribution in [2.75, 3.05) is 0 Å². The molecule has 0 aromatic carbocycles. The van der Waals surface area contributed by atoms with E-state index in [1.54, 1.807) is 13.1 Å². The molecule has 0 saturated carbocycles. The van der Waals surface area contributed by atoms with Gasteiger partial charge in [-0.3, -0.25) is 4.79 Å². The molecule has 0 amide bonds. The first kappa shape index (κ1) is 13.0. The van der Waals surface area contributed by atoms with Crippen molar-refractivity contribution >= 4 is 33.1 Å². The van der Waals surface area contributed by atoms with E-state index < -0.39 is 6.10 Å². The number of carbonyl (C=O) groups is 1. The van der Waals surface area contributed by atoms with Crippen molar-refractivity contribution in [2.24, 2.45) is 0 Å². The summed E-state index contributed by atoms with van der Waals surface area (Å²) in [5.41, 5.74) is 1.43. The van der Waals surface area contributed by atoms with E-state index in [0.29, 0.717) is 17.9 Å². The number of nitrogens with one attached hydrogen (secondary N) is 1. The Morgan fingerprint density at radius 3 is 3.11 bits per heavy atom.